The quantitative estimate of drug-likeness (QED) is 0.514. The fourth-order valence-corrected chi connectivity index (χ4v) is 20.0. The Kier molecular flexibility index (Phi) is 7.89. The van der Waals surface area contributed by atoms with Crippen molar-refractivity contribution in [3.05, 3.63) is 77.3 Å². The number of benzene rings is 2. The van der Waals surface area contributed by atoms with Crippen LogP contribution in [0.4, 0.5) is 0 Å². The van der Waals surface area contributed by atoms with Crippen LogP contribution in [-0.2, 0) is 23.2 Å². The van der Waals surface area contributed by atoms with Gasteiger partial charge in [-0.05, 0) is 0 Å². The Bertz CT molecular complexity index is 874. The molecule has 0 saturated carbocycles. The maximum Gasteiger partial charge on any atom is -1.00 e. The standard InChI is InChI=1S/2C12H15Si.2ClH.Zr/c2*1-13(2,3)12-9-8-10-6-4-5-7-11(10)12;;;/h2*4-8,12H,1-3H3;2*1H;/q;;;;+2/p-2. The summed E-state index contributed by atoms with van der Waals surface area (Å²) >= 11 is -0.779. The molecule has 152 valence electrons. The molecule has 29 heavy (non-hydrogen) atoms. The Morgan fingerprint density at radius 3 is 1.28 bits per heavy atom. The maximum atomic E-state index is 2.59. The number of fused-ring (bicyclic) bond motifs is 2. The van der Waals surface area contributed by atoms with Crippen molar-refractivity contribution in [2.45, 2.75) is 50.4 Å². The zero-order chi connectivity index (χ0) is 19.4. The summed E-state index contributed by atoms with van der Waals surface area (Å²) in [6.07, 6.45) is 5.19. The Hall–Kier alpha value is -0.183. The van der Waals surface area contributed by atoms with Crippen LogP contribution in [0.2, 0.25) is 39.3 Å². The minimum absolute atomic E-state index is 0. The van der Waals surface area contributed by atoms with Gasteiger partial charge < -0.3 is 24.8 Å². The molecule has 0 spiro atoms. The fourth-order valence-electron chi connectivity index (χ4n) is 4.90. The molecule has 0 heterocycles. The third kappa shape index (κ3) is 4.85. The first kappa shape index (κ1) is 25.1. The second-order valence-electron chi connectivity index (χ2n) is 10.2. The summed E-state index contributed by atoms with van der Waals surface area (Å²) in [7, 11) is -2.60. The predicted octanol–water partition coefficient (Wildman–Crippen LogP) is 1.11. The summed E-state index contributed by atoms with van der Waals surface area (Å²) in [4.78, 5) is 0. The van der Waals surface area contributed by atoms with E-state index in [1.165, 1.54) is 11.1 Å². The molecule has 0 saturated heterocycles. The van der Waals surface area contributed by atoms with Crippen molar-refractivity contribution >= 4 is 28.3 Å². The molecule has 0 N–H and O–H groups in total. The Balaban J connectivity index is 0.00000150. The normalized spacial score (nSPS) is 19.8. The molecule has 0 aromatic heterocycles. The largest absolute Gasteiger partial charge is 1.00 e. The van der Waals surface area contributed by atoms with Gasteiger partial charge in [0.2, 0.25) is 0 Å². The first-order chi connectivity index (χ1) is 12.7. The second kappa shape index (κ2) is 9.13. The second-order valence-corrected chi connectivity index (χ2v) is 24.3. The van der Waals surface area contributed by atoms with Gasteiger partial charge in [0.15, 0.2) is 0 Å². The summed E-state index contributed by atoms with van der Waals surface area (Å²) in [6.45, 7) is 15.3. The van der Waals surface area contributed by atoms with Crippen molar-refractivity contribution in [2.24, 2.45) is 0 Å². The van der Waals surface area contributed by atoms with Gasteiger partial charge in [0.1, 0.15) is 0 Å². The van der Waals surface area contributed by atoms with E-state index in [0.717, 1.165) is 11.1 Å². The first-order valence-electron chi connectivity index (χ1n) is 10.0. The molecule has 0 aliphatic heterocycles. The van der Waals surface area contributed by atoms with Crippen LogP contribution in [-0.4, -0.2) is 16.1 Å². The molecule has 5 heteroatoms. The van der Waals surface area contributed by atoms with Gasteiger partial charge >= 0.3 is 179 Å². The van der Waals surface area contributed by atoms with E-state index >= 15 is 0 Å². The predicted molar refractivity (Wildman–Crippen MR) is 121 cm³/mol. The summed E-state index contributed by atoms with van der Waals surface area (Å²) < 4.78 is 3.67. The number of hydrogen-bond donors (Lipinski definition) is 0. The van der Waals surface area contributed by atoms with Crippen LogP contribution in [0, 0.1) is 0 Å². The van der Waals surface area contributed by atoms with Gasteiger partial charge in [-0.15, -0.1) is 0 Å². The van der Waals surface area contributed by atoms with Crippen LogP contribution < -0.4 is 24.8 Å². The molecule has 2 aromatic rings. The van der Waals surface area contributed by atoms with E-state index < -0.39 is 39.4 Å². The molecular formula is C24H30Cl2Si2Zr. The summed E-state index contributed by atoms with van der Waals surface area (Å²) in [6, 6.07) is 18.4. The number of allylic oxidation sites excluding steroid dienone is 2. The van der Waals surface area contributed by atoms with Crippen LogP contribution in [0.5, 0.6) is 0 Å². The molecule has 2 aliphatic carbocycles. The molecule has 0 nitrogen and oxygen atoms in total. The van der Waals surface area contributed by atoms with Crippen molar-refractivity contribution in [1.82, 2.24) is 0 Å². The Labute approximate surface area is 202 Å². The van der Waals surface area contributed by atoms with Crippen LogP contribution in [0.15, 0.2) is 55.1 Å². The van der Waals surface area contributed by atoms with Gasteiger partial charge in [0, 0.05) is 0 Å². The Morgan fingerprint density at radius 2 is 0.931 bits per heavy atom. The molecule has 2 atom stereocenters. The zero-order valence-corrected chi connectivity index (χ0v) is 24.2. The van der Waals surface area contributed by atoms with Gasteiger partial charge in [-0.1, -0.05) is 0 Å². The van der Waals surface area contributed by atoms with Crippen LogP contribution in [0.1, 0.15) is 33.3 Å². The number of hydrogen-bond acceptors (Lipinski definition) is 0. The minimum atomic E-state index is -1.30. The summed E-state index contributed by atoms with van der Waals surface area (Å²) in [5.74, 6) is 0. The number of halogens is 2. The van der Waals surface area contributed by atoms with Gasteiger partial charge in [-0.2, -0.15) is 0 Å². The number of rotatable bonds is 4. The van der Waals surface area contributed by atoms with Crippen molar-refractivity contribution in [3.63, 3.8) is 0 Å². The van der Waals surface area contributed by atoms with Crippen LogP contribution >= 0.6 is 0 Å². The smallest absolute Gasteiger partial charge is 1.00 e. The first-order valence-corrected chi connectivity index (χ1v) is 19.7. The van der Waals surface area contributed by atoms with Crippen molar-refractivity contribution < 1.29 is 48.0 Å². The molecule has 2 unspecified atom stereocenters. The van der Waals surface area contributed by atoms with Crippen molar-refractivity contribution in [3.8, 4) is 0 Å². The van der Waals surface area contributed by atoms with Gasteiger partial charge in [-0.25, -0.2) is 0 Å². The molecule has 0 radical (unpaired) electrons. The average molecular weight is 537 g/mol. The van der Waals surface area contributed by atoms with Gasteiger partial charge in [0.25, 0.3) is 0 Å². The molecule has 4 rings (SSSR count). The third-order valence-electron chi connectivity index (χ3n) is 5.88. The minimum Gasteiger partial charge on any atom is -1.00 e. The van der Waals surface area contributed by atoms with E-state index in [1.807, 2.05) is 6.56 Å². The van der Waals surface area contributed by atoms with E-state index in [9.17, 15) is 0 Å². The van der Waals surface area contributed by atoms with Crippen molar-refractivity contribution in [1.29, 1.82) is 0 Å². The molecule has 2 aliphatic rings. The van der Waals surface area contributed by atoms with E-state index in [-0.39, 0.29) is 24.8 Å². The maximum absolute atomic E-state index is 2.59. The zero-order valence-electron chi connectivity index (χ0n) is 18.2. The van der Waals surface area contributed by atoms with Crippen LogP contribution in [0.3, 0.4) is 0 Å². The average Bonchev–Trinajstić information content (AvgIpc) is 3.11. The molecule has 2 aromatic carbocycles. The van der Waals surface area contributed by atoms with Gasteiger partial charge in [-0.3, -0.25) is 0 Å². The van der Waals surface area contributed by atoms with E-state index in [1.54, 1.807) is 11.1 Å². The van der Waals surface area contributed by atoms with Gasteiger partial charge in [0.05, 0.1) is 0 Å². The summed E-state index contributed by atoms with van der Waals surface area (Å²) in [5, 5.41) is 0. The summed E-state index contributed by atoms with van der Waals surface area (Å²) in [5.41, 5.74) is 7.70. The molecule has 0 amide bonds. The van der Waals surface area contributed by atoms with E-state index in [2.05, 4.69) is 100.0 Å². The van der Waals surface area contributed by atoms with Crippen molar-refractivity contribution in [2.75, 3.05) is 0 Å². The Morgan fingerprint density at radius 1 is 0.586 bits per heavy atom. The molecule has 0 fully saturated rings. The monoisotopic (exact) mass is 534 g/mol. The topological polar surface area (TPSA) is 0 Å². The third-order valence-corrected chi connectivity index (χ3v) is 15.6. The molecule has 0 bridgehead atoms. The fraction of sp³-hybridized carbons (Fsp3) is 0.333. The van der Waals surface area contributed by atoms with E-state index in [4.69, 9.17) is 0 Å². The SMILES string of the molecule is C[Si](C)(C)C1[C]([Zr+2][C]2=Cc3ccccc3C2[Si](C)(C)C)=Cc2ccccc21.[Cl-].[Cl-]. The van der Waals surface area contributed by atoms with Crippen LogP contribution in [0.25, 0.3) is 12.2 Å². The molecular weight excluding hydrogens is 507 g/mol. The van der Waals surface area contributed by atoms with E-state index in [0.29, 0.717) is 0 Å².